The number of hydrogen-bond acceptors (Lipinski definition) is 5. The molecule has 0 radical (unpaired) electrons. The van der Waals surface area contributed by atoms with Gasteiger partial charge in [0.15, 0.2) is 0 Å². The first-order chi connectivity index (χ1) is 12.0. The molecular weight excluding hydrogens is 316 g/mol. The second-order valence-electron chi connectivity index (χ2n) is 6.87. The molecule has 3 heterocycles. The van der Waals surface area contributed by atoms with Crippen LogP contribution in [0, 0.1) is 13.8 Å². The second kappa shape index (κ2) is 7.31. The number of carbonyl (C=O) groups is 1. The number of aromatic nitrogens is 4. The van der Waals surface area contributed by atoms with Crippen molar-refractivity contribution in [2.75, 3.05) is 26.2 Å². The van der Waals surface area contributed by atoms with E-state index in [0.717, 1.165) is 49.7 Å². The van der Waals surface area contributed by atoms with Crippen LogP contribution in [0.4, 0.5) is 0 Å². The molecule has 1 aliphatic heterocycles. The maximum Gasteiger partial charge on any atom is 0.257 e. The summed E-state index contributed by atoms with van der Waals surface area (Å²) in [6.07, 6.45) is 2.75. The summed E-state index contributed by atoms with van der Waals surface area (Å²) >= 11 is 0. The van der Waals surface area contributed by atoms with Crippen LogP contribution in [0.15, 0.2) is 12.3 Å². The van der Waals surface area contributed by atoms with Gasteiger partial charge in [0.05, 0.1) is 11.3 Å². The topological polar surface area (TPSA) is 75.9 Å². The van der Waals surface area contributed by atoms with Crippen LogP contribution in [0.5, 0.6) is 0 Å². The normalized spacial score (nSPS) is 15.5. The molecule has 0 aliphatic carbocycles. The lowest BCUT2D eigenvalue weighted by Crippen LogP contribution is -2.34. The highest BCUT2D eigenvalue weighted by molar-refractivity contribution is 5.95. The molecule has 0 spiro atoms. The predicted molar refractivity (Wildman–Crippen MR) is 96.1 cm³/mol. The van der Waals surface area contributed by atoms with E-state index in [9.17, 15) is 4.79 Å². The van der Waals surface area contributed by atoms with Crippen molar-refractivity contribution in [3.05, 3.63) is 34.9 Å². The van der Waals surface area contributed by atoms with Crippen LogP contribution >= 0.6 is 0 Å². The molecule has 25 heavy (non-hydrogen) atoms. The quantitative estimate of drug-likeness (QED) is 0.921. The van der Waals surface area contributed by atoms with Crippen molar-refractivity contribution in [2.24, 2.45) is 0 Å². The van der Waals surface area contributed by atoms with E-state index in [1.165, 1.54) is 0 Å². The van der Waals surface area contributed by atoms with Crippen molar-refractivity contribution in [3.63, 3.8) is 0 Å². The molecule has 2 aromatic rings. The Morgan fingerprint density at radius 1 is 1.16 bits per heavy atom. The summed E-state index contributed by atoms with van der Waals surface area (Å²) in [7, 11) is 0. The third-order valence-corrected chi connectivity index (χ3v) is 4.32. The summed E-state index contributed by atoms with van der Waals surface area (Å²) in [6.45, 7) is 11.2. The van der Waals surface area contributed by atoms with Crippen molar-refractivity contribution < 1.29 is 4.79 Å². The first kappa shape index (κ1) is 17.5. The standard InChI is InChI=1S/C18H26N6O/c1-12(2)16-15(17(25)23-8-5-6-19-7-9-23)11-24(22-16)18-20-13(3)10-14(4)21-18/h10-12,19H,5-9H2,1-4H3. The number of amides is 1. The van der Waals surface area contributed by atoms with Crippen LogP contribution < -0.4 is 5.32 Å². The zero-order chi connectivity index (χ0) is 18.0. The highest BCUT2D eigenvalue weighted by atomic mass is 16.2. The Morgan fingerprint density at radius 3 is 2.56 bits per heavy atom. The molecule has 7 nitrogen and oxygen atoms in total. The summed E-state index contributed by atoms with van der Waals surface area (Å²) in [4.78, 5) is 23.9. The van der Waals surface area contributed by atoms with Crippen LogP contribution in [-0.4, -0.2) is 56.7 Å². The lowest BCUT2D eigenvalue weighted by atomic mass is 10.1. The van der Waals surface area contributed by atoms with E-state index >= 15 is 0 Å². The molecule has 1 amide bonds. The minimum Gasteiger partial charge on any atom is -0.337 e. The molecule has 1 N–H and O–H groups in total. The molecule has 0 saturated carbocycles. The molecule has 0 bridgehead atoms. The zero-order valence-electron chi connectivity index (χ0n) is 15.4. The summed E-state index contributed by atoms with van der Waals surface area (Å²) in [5.41, 5.74) is 3.22. The summed E-state index contributed by atoms with van der Waals surface area (Å²) < 4.78 is 1.64. The minimum atomic E-state index is 0.0445. The number of hydrogen-bond donors (Lipinski definition) is 1. The first-order valence-electron chi connectivity index (χ1n) is 8.88. The van der Waals surface area contributed by atoms with Crippen molar-refractivity contribution in [2.45, 2.75) is 40.0 Å². The Balaban J connectivity index is 1.98. The van der Waals surface area contributed by atoms with Gasteiger partial charge in [0.25, 0.3) is 11.9 Å². The number of nitrogens with zero attached hydrogens (tertiary/aromatic N) is 5. The third kappa shape index (κ3) is 3.87. The molecule has 1 saturated heterocycles. The van der Waals surface area contributed by atoms with Gasteiger partial charge in [-0.2, -0.15) is 5.10 Å². The molecule has 0 unspecified atom stereocenters. The SMILES string of the molecule is Cc1cc(C)nc(-n2cc(C(=O)N3CCCNCC3)c(C(C)C)n2)n1. The van der Waals surface area contributed by atoms with Gasteiger partial charge in [0, 0.05) is 37.2 Å². The van der Waals surface area contributed by atoms with E-state index in [1.807, 2.05) is 24.8 Å². The molecular formula is C18H26N6O. The maximum absolute atomic E-state index is 13.1. The fourth-order valence-corrected chi connectivity index (χ4v) is 3.11. The minimum absolute atomic E-state index is 0.0445. The Morgan fingerprint density at radius 2 is 1.88 bits per heavy atom. The van der Waals surface area contributed by atoms with Crippen LogP contribution in [-0.2, 0) is 0 Å². The van der Waals surface area contributed by atoms with E-state index in [0.29, 0.717) is 11.5 Å². The van der Waals surface area contributed by atoms with Crippen LogP contribution in [0.1, 0.15) is 53.6 Å². The smallest absolute Gasteiger partial charge is 0.257 e. The third-order valence-electron chi connectivity index (χ3n) is 4.32. The van der Waals surface area contributed by atoms with Gasteiger partial charge >= 0.3 is 0 Å². The highest BCUT2D eigenvalue weighted by Crippen LogP contribution is 2.21. The zero-order valence-corrected chi connectivity index (χ0v) is 15.4. The van der Waals surface area contributed by atoms with E-state index in [1.54, 1.807) is 10.9 Å². The van der Waals surface area contributed by atoms with Crippen molar-refractivity contribution in [1.82, 2.24) is 30.0 Å². The van der Waals surface area contributed by atoms with Gasteiger partial charge in [0.2, 0.25) is 0 Å². The predicted octanol–water partition coefficient (Wildman–Crippen LogP) is 1.84. The second-order valence-corrected chi connectivity index (χ2v) is 6.87. The number of aryl methyl sites for hydroxylation is 2. The van der Waals surface area contributed by atoms with Gasteiger partial charge in [0.1, 0.15) is 0 Å². The van der Waals surface area contributed by atoms with Crippen LogP contribution in [0.25, 0.3) is 5.95 Å². The average Bonchev–Trinajstić information content (AvgIpc) is 2.82. The van der Waals surface area contributed by atoms with E-state index in [2.05, 4.69) is 34.2 Å². The molecule has 7 heteroatoms. The fourth-order valence-electron chi connectivity index (χ4n) is 3.11. The highest BCUT2D eigenvalue weighted by Gasteiger charge is 2.25. The Labute approximate surface area is 148 Å². The average molecular weight is 342 g/mol. The number of carbonyl (C=O) groups excluding carboxylic acids is 1. The molecule has 1 aliphatic rings. The van der Waals surface area contributed by atoms with Crippen LogP contribution in [0.3, 0.4) is 0 Å². The molecule has 0 atom stereocenters. The summed E-state index contributed by atoms with van der Waals surface area (Å²) in [5, 5.41) is 7.96. The lowest BCUT2D eigenvalue weighted by molar-refractivity contribution is 0.0765. The number of nitrogens with one attached hydrogen (secondary N) is 1. The van der Waals surface area contributed by atoms with Crippen molar-refractivity contribution in [1.29, 1.82) is 0 Å². The van der Waals surface area contributed by atoms with Gasteiger partial charge in [-0.1, -0.05) is 13.8 Å². The fraction of sp³-hybridized carbons (Fsp3) is 0.556. The lowest BCUT2D eigenvalue weighted by Gasteiger charge is -2.20. The van der Waals surface area contributed by atoms with Gasteiger partial charge in [-0.25, -0.2) is 14.6 Å². The Bertz CT molecular complexity index is 739. The molecule has 0 aromatic carbocycles. The van der Waals surface area contributed by atoms with E-state index in [-0.39, 0.29) is 11.8 Å². The van der Waals surface area contributed by atoms with Gasteiger partial charge in [-0.05, 0) is 38.8 Å². The Kier molecular flexibility index (Phi) is 5.13. The number of rotatable bonds is 3. The Hall–Kier alpha value is -2.28. The molecule has 2 aromatic heterocycles. The van der Waals surface area contributed by atoms with Crippen molar-refractivity contribution in [3.8, 4) is 5.95 Å². The van der Waals surface area contributed by atoms with Crippen molar-refractivity contribution >= 4 is 5.91 Å². The van der Waals surface area contributed by atoms with E-state index in [4.69, 9.17) is 0 Å². The van der Waals surface area contributed by atoms with Gasteiger partial charge < -0.3 is 10.2 Å². The maximum atomic E-state index is 13.1. The van der Waals surface area contributed by atoms with Gasteiger partial charge in [-0.15, -0.1) is 0 Å². The van der Waals surface area contributed by atoms with E-state index < -0.39 is 0 Å². The summed E-state index contributed by atoms with van der Waals surface area (Å²) in [6, 6.07) is 1.92. The van der Waals surface area contributed by atoms with Crippen LogP contribution in [0.2, 0.25) is 0 Å². The molecule has 134 valence electrons. The molecule has 3 rings (SSSR count). The first-order valence-corrected chi connectivity index (χ1v) is 8.88. The van der Waals surface area contributed by atoms with Gasteiger partial charge in [-0.3, -0.25) is 4.79 Å². The largest absolute Gasteiger partial charge is 0.337 e. The monoisotopic (exact) mass is 342 g/mol. The summed E-state index contributed by atoms with van der Waals surface area (Å²) in [5.74, 6) is 0.704. The molecule has 1 fully saturated rings.